The van der Waals surface area contributed by atoms with Gasteiger partial charge >= 0.3 is 0 Å². The maximum absolute atomic E-state index is 10.5. The molecule has 3 rings (SSSR count). The van der Waals surface area contributed by atoms with Gasteiger partial charge in [-0.05, 0) is 94.7 Å². The van der Waals surface area contributed by atoms with Crippen molar-refractivity contribution in [3.05, 3.63) is 21.4 Å². The first-order valence-corrected chi connectivity index (χ1v) is 22.7. The van der Waals surface area contributed by atoms with Crippen molar-refractivity contribution in [2.45, 2.75) is 179 Å². The van der Waals surface area contributed by atoms with Crippen LogP contribution in [0.15, 0.2) is 6.07 Å². The second kappa shape index (κ2) is 40.9. The number of unbranched alkanes of at least 4 members (excludes halogenated alkanes) is 2. The molecule has 0 spiro atoms. The van der Waals surface area contributed by atoms with Crippen molar-refractivity contribution < 1.29 is 28.9 Å². The van der Waals surface area contributed by atoms with E-state index in [1.807, 2.05) is 46.0 Å². The van der Waals surface area contributed by atoms with Crippen LogP contribution in [0.25, 0.3) is 0 Å². The average molecular weight is 825 g/mol. The fourth-order valence-electron chi connectivity index (χ4n) is 6.12. The lowest BCUT2D eigenvalue weighted by atomic mass is 9.79. The average Bonchev–Trinajstić information content (AvgIpc) is 3.61. The zero-order valence-corrected chi connectivity index (χ0v) is 39.9. The van der Waals surface area contributed by atoms with E-state index in [0.29, 0.717) is 18.2 Å². The van der Waals surface area contributed by atoms with E-state index in [1.54, 1.807) is 12.0 Å². The predicted molar refractivity (Wildman–Crippen MR) is 240 cm³/mol. The third-order valence-electron chi connectivity index (χ3n) is 9.74. The minimum Gasteiger partial charge on any atom is -0.400 e. The molecule has 55 heavy (non-hydrogen) atoms. The van der Waals surface area contributed by atoms with Gasteiger partial charge in [-0.3, -0.25) is 9.59 Å². The van der Waals surface area contributed by atoms with Crippen LogP contribution in [0.2, 0.25) is 0 Å². The Morgan fingerprint density at radius 3 is 2.15 bits per heavy atom. The quantitative estimate of drug-likeness (QED) is 0.0680. The molecule has 0 aromatic carbocycles. The zero-order valence-electron chi connectivity index (χ0n) is 38.3. The van der Waals surface area contributed by atoms with E-state index in [2.05, 4.69) is 77.4 Å². The first-order chi connectivity index (χ1) is 26.4. The summed E-state index contributed by atoms with van der Waals surface area (Å²) >= 11 is 7.50. The Hall–Kier alpha value is -1.27. The number of fused-ring (bicyclic) bond motifs is 1. The molecular formula is C44H90ClN3O6S. The molecule has 4 N–H and O–H groups in total. The Labute approximate surface area is 349 Å². The molecule has 1 saturated carbocycles. The van der Waals surface area contributed by atoms with E-state index >= 15 is 0 Å². The number of thiophene rings is 1. The molecule has 2 aliphatic rings. The number of aryl methyl sites for hydroxylation is 1. The normalized spacial score (nSPS) is 17.7. The van der Waals surface area contributed by atoms with Crippen molar-refractivity contribution in [3.8, 4) is 0 Å². The van der Waals surface area contributed by atoms with Gasteiger partial charge in [-0.2, -0.15) is 0 Å². The molecule has 0 radical (unpaired) electrons. The van der Waals surface area contributed by atoms with Crippen LogP contribution in [-0.2, 0) is 36.6 Å². The van der Waals surface area contributed by atoms with Crippen LogP contribution in [0.5, 0.6) is 0 Å². The Balaban J connectivity index is -0.000000363. The molecule has 1 aliphatic heterocycles. The third-order valence-corrected chi connectivity index (χ3v) is 11.4. The van der Waals surface area contributed by atoms with Gasteiger partial charge in [0.05, 0.1) is 18.8 Å². The summed E-state index contributed by atoms with van der Waals surface area (Å²) in [6, 6.07) is 3.30. The summed E-state index contributed by atoms with van der Waals surface area (Å²) in [7, 11) is 2.74. The van der Waals surface area contributed by atoms with Crippen molar-refractivity contribution in [1.82, 2.24) is 10.2 Å². The molecule has 2 heterocycles. The zero-order chi connectivity index (χ0) is 43.2. The summed E-state index contributed by atoms with van der Waals surface area (Å²) in [5, 5.41) is 9.90. The van der Waals surface area contributed by atoms with Gasteiger partial charge in [-0.15, -0.1) is 22.9 Å². The lowest BCUT2D eigenvalue weighted by Gasteiger charge is -2.40. The fraction of sp³-hybridized carbons (Fsp3) is 0.864. The van der Waals surface area contributed by atoms with Crippen LogP contribution in [0.3, 0.4) is 0 Å². The SMILES string of the molecule is CC.CC.CC(C)CCCCCCl.CCOC(C)C(C)(C)CCOC.CCc1cc2c(s1)CCOC2C[C@H](C)N(CC)CC1CC(NC=O)C1.CO.NC=O. The van der Waals surface area contributed by atoms with Gasteiger partial charge in [0.1, 0.15) is 0 Å². The number of carbonyl (C=O) groups excluding carboxylic acids is 2. The second-order valence-electron chi connectivity index (χ2n) is 14.4. The van der Waals surface area contributed by atoms with E-state index in [1.165, 1.54) is 36.1 Å². The molecule has 2 unspecified atom stereocenters. The number of hydrogen-bond donors (Lipinski definition) is 3. The van der Waals surface area contributed by atoms with Gasteiger partial charge in [-0.1, -0.05) is 88.5 Å². The molecule has 0 bridgehead atoms. The number of methoxy groups -OCH3 is 1. The van der Waals surface area contributed by atoms with Crippen LogP contribution in [0.4, 0.5) is 0 Å². The smallest absolute Gasteiger partial charge is 0.207 e. The molecule has 1 fully saturated rings. The van der Waals surface area contributed by atoms with Crippen molar-refractivity contribution in [3.63, 3.8) is 0 Å². The standard InChI is InChI=1S/C20H32N2O2S.C10H22O2.C8H17Cl.2C2H6.CH3NO.CH4O/c1-4-17-11-18-19(24-7-6-20(18)25-17)8-14(3)22(5-2)12-15-9-16(10-15)21-13-23;1-6-12-9(2)10(3,4)7-8-11-5;1-8(2)6-4-3-5-7-9;2*1-2;2-1-3;1-2/h11,13-16,19H,4-10,12H2,1-3H3,(H,21,23);9H,6-8H2,1-5H3;8H,3-7H2,1-2H3;2*1-2H3;1H,(H2,2,3);2H,1H3/t14-,15?,16?,19?;;;;;;/m0....../s1. The number of halogens is 1. The molecule has 0 saturated heterocycles. The highest BCUT2D eigenvalue weighted by molar-refractivity contribution is 7.12. The van der Waals surface area contributed by atoms with E-state index in [4.69, 9.17) is 35.7 Å². The number of aliphatic hydroxyl groups is 1. The molecule has 1 aromatic heterocycles. The van der Waals surface area contributed by atoms with Crippen LogP contribution < -0.4 is 11.1 Å². The van der Waals surface area contributed by atoms with E-state index in [-0.39, 0.29) is 17.9 Å². The molecule has 3 atom stereocenters. The van der Waals surface area contributed by atoms with Crippen LogP contribution >= 0.6 is 22.9 Å². The van der Waals surface area contributed by atoms with Crippen molar-refractivity contribution in [2.24, 2.45) is 23.0 Å². The maximum Gasteiger partial charge on any atom is 0.207 e. The van der Waals surface area contributed by atoms with Gasteiger partial charge in [0.25, 0.3) is 0 Å². The Kier molecular flexibility index (Phi) is 44.9. The molecule has 1 aromatic rings. The number of ether oxygens (including phenoxy) is 3. The van der Waals surface area contributed by atoms with Gasteiger partial charge in [0, 0.05) is 68.1 Å². The molecular weight excluding hydrogens is 734 g/mol. The van der Waals surface area contributed by atoms with Crippen LogP contribution in [0, 0.1) is 17.3 Å². The van der Waals surface area contributed by atoms with E-state index < -0.39 is 0 Å². The maximum atomic E-state index is 10.5. The highest BCUT2D eigenvalue weighted by Crippen LogP contribution is 2.37. The topological polar surface area (TPSA) is 123 Å². The number of nitrogens with one attached hydrogen (secondary N) is 1. The third kappa shape index (κ3) is 29.6. The number of hydrogen-bond acceptors (Lipinski definition) is 8. The molecule has 11 heteroatoms. The number of rotatable bonds is 20. The van der Waals surface area contributed by atoms with Gasteiger partial charge < -0.3 is 35.3 Å². The van der Waals surface area contributed by atoms with Gasteiger partial charge in [-0.25, -0.2) is 0 Å². The van der Waals surface area contributed by atoms with Crippen LogP contribution in [0.1, 0.15) is 163 Å². The highest BCUT2D eigenvalue weighted by atomic mass is 35.5. The van der Waals surface area contributed by atoms with Crippen LogP contribution in [-0.4, -0.2) is 94.0 Å². The number of amides is 2. The highest BCUT2D eigenvalue weighted by Gasteiger charge is 2.32. The molecule has 1 aliphatic carbocycles. The molecule has 9 nitrogen and oxygen atoms in total. The summed E-state index contributed by atoms with van der Waals surface area (Å²) in [6.45, 7) is 32.6. The van der Waals surface area contributed by atoms with E-state index in [9.17, 15) is 4.79 Å². The Morgan fingerprint density at radius 2 is 1.67 bits per heavy atom. The fourth-order valence-corrected chi connectivity index (χ4v) is 7.45. The predicted octanol–water partition coefficient (Wildman–Crippen LogP) is 10.2. The number of nitrogens with zero attached hydrogens (tertiary/aromatic N) is 1. The number of aliphatic hydroxyl groups excluding tert-OH is 1. The lowest BCUT2D eigenvalue weighted by molar-refractivity contribution is -0.111. The number of primary amides is 1. The number of carbonyl (C=O) groups is 2. The summed E-state index contributed by atoms with van der Waals surface area (Å²) in [5.41, 5.74) is 5.83. The first kappa shape index (κ1) is 60.4. The Morgan fingerprint density at radius 1 is 1.07 bits per heavy atom. The Bertz CT molecular complexity index is 962. The number of nitrogens with two attached hydrogens (primary N) is 1. The first-order valence-electron chi connectivity index (χ1n) is 21.3. The summed E-state index contributed by atoms with van der Waals surface area (Å²) in [6.07, 6.45) is 13.4. The van der Waals surface area contributed by atoms with Crippen molar-refractivity contribution in [2.75, 3.05) is 53.0 Å². The minimum atomic E-state index is 0.214. The minimum absolute atomic E-state index is 0.214. The number of alkyl halides is 1. The van der Waals surface area contributed by atoms with Gasteiger partial charge in [0.15, 0.2) is 0 Å². The lowest BCUT2D eigenvalue weighted by Crippen LogP contribution is -2.47. The summed E-state index contributed by atoms with van der Waals surface area (Å²) in [5.74, 6) is 2.41. The van der Waals surface area contributed by atoms with Crippen molar-refractivity contribution in [1.29, 1.82) is 0 Å². The van der Waals surface area contributed by atoms with Gasteiger partial charge in [0.2, 0.25) is 12.8 Å². The second-order valence-corrected chi connectivity index (χ2v) is 16.0. The monoisotopic (exact) mass is 824 g/mol. The summed E-state index contributed by atoms with van der Waals surface area (Å²) < 4.78 is 16.8. The van der Waals surface area contributed by atoms with E-state index in [0.717, 1.165) is 103 Å². The summed E-state index contributed by atoms with van der Waals surface area (Å²) in [4.78, 5) is 24.7. The molecule has 2 amide bonds. The largest absolute Gasteiger partial charge is 0.400 e. The van der Waals surface area contributed by atoms with Crippen molar-refractivity contribution >= 4 is 35.8 Å². The molecule has 330 valence electrons.